The number of hydrogen-bond donors (Lipinski definition) is 0. The Morgan fingerprint density at radius 3 is 2.57 bits per heavy atom. The maximum Gasteiger partial charge on any atom is 0.146 e. The van der Waals surface area contributed by atoms with Gasteiger partial charge in [-0.05, 0) is 63.0 Å². The Hall–Kier alpha value is -1.51. The topological polar surface area (TPSA) is 12.5 Å². The van der Waals surface area contributed by atoms with E-state index in [1.54, 1.807) is 0 Å². The molecule has 122 valence electrons. The predicted molar refractivity (Wildman–Crippen MR) is 96.6 cm³/mol. The van der Waals surface area contributed by atoms with Crippen molar-refractivity contribution in [1.29, 1.82) is 0 Å². The van der Waals surface area contributed by atoms with Gasteiger partial charge in [-0.2, -0.15) is 0 Å². The Morgan fingerprint density at radius 1 is 1.04 bits per heavy atom. The highest BCUT2D eigenvalue weighted by molar-refractivity contribution is 6.32. The first-order valence-electron chi connectivity index (χ1n) is 8.44. The summed E-state index contributed by atoms with van der Waals surface area (Å²) in [6.07, 6.45) is 6.21. The summed E-state index contributed by atoms with van der Waals surface area (Å²) in [5.74, 6) is 1.63. The number of halogens is 1. The molecule has 1 fully saturated rings. The van der Waals surface area contributed by atoms with Gasteiger partial charge in [0.05, 0.1) is 5.02 Å². The fourth-order valence-corrected chi connectivity index (χ4v) is 3.46. The molecule has 0 amide bonds. The minimum atomic E-state index is 0.648. The SMILES string of the molecule is CN1CCCCC1CCc1ccccc1Oc1ccccc1Cl. The van der Waals surface area contributed by atoms with Crippen molar-refractivity contribution in [3.8, 4) is 11.5 Å². The first-order valence-corrected chi connectivity index (χ1v) is 8.82. The Morgan fingerprint density at radius 2 is 1.78 bits per heavy atom. The average molecular weight is 330 g/mol. The molecule has 23 heavy (non-hydrogen) atoms. The van der Waals surface area contributed by atoms with Crippen LogP contribution in [-0.2, 0) is 6.42 Å². The lowest BCUT2D eigenvalue weighted by atomic mass is 9.96. The monoisotopic (exact) mass is 329 g/mol. The zero-order valence-corrected chi connectivity index (χ0v) is 14.4. The third-order valence-corrected chi connectivity index (χ3v) is 5.01. The van der Waals surface area contributed by atoms with Gasteiger partial charge in [-0.1, -0.05) is 48.4 Å². The molecule has 1 unspecified atom stereocenters. The molecule has 0 N–H and O–H groups in total. The number of ether oxygens (including phenoxy) is 1. The number of likely N-dealkylation sites (tertiary alicyclic amines) is 1. The van der Waals surface area contributed by atoms with E-state index in [2.05, 4.69) is 24.1 Å². The molecule has 0 aliphatic carbocycles. The minimum Gasteiger partial charge on any atom is -0.456 e. The van der Waals surface area contributed by atoms with Crippen LogP contribution in [0.15, 0.2) is 48.5 Å². The number of piperidine rings is 1. The second-order valence-electron chi connectivity index (χ2n) is 6.31. The highest BCUT2D eigenvalue weighted by Gasteiger charge is 2.19. The molecule has 1 aliphatic heterocycles. The fourth-order valence-electron chi connectivity index (χ4n) is 3.29. The van der Waals surface area contributed by atoms with Crippen LogP contribution in [0, 0.1) is 0 Å². The van der Waals surface area contributed by atoms with Crippen molar-refractivity contribution in [2.24, 2.45) is 0 Å². The number of rotatable bonds is 5. The quantitative estimate of drug-likeness (QED) is 0.713. The largest absolute Gasteiger partial charge is 0.456 e. The second kappa shape index (κ2) is 7.85. The molecule has 2 nitrogen and oxygen atoms in total. The number of para-hydroxylation sites is 2. The van der Waals surface area contributed by atoms with Crippen molar-refractivity contribution in [3.63, 3.8) is 0 Å². The van der Waals surface area contributed by atoms with Crippen molar-refractivity contribution < 1.29 is 4.74 Å². The molecule has 0 spiro atoms. The summed E-state index contributed by atoms with van der Waals surface area (Å²) in [4.78, 5) is 2.50. The molecule has 3 heteroatoms. The third kappa shape index (κ3) is 4.27. The molecule has 0 saturated carbocycles. The molecule has 3 rings (SSSR count). The average Bonchev–Trinajstić information content (AvgIpc) is 2.57. The molecular weight excluding hydrogens is 306 g/mol. The standard InChI is InChI=1S/C20H24ClNO/c1-22-15-7-6-9-17(22)14-13-16-8-2-4-11-19(16)23-20-12-5-3-10-18(20)21/h2-5,8,10-12,17H,6-7,9,13-15H2,1H3. The van der Waals surface area contributed by atoms with E-state index in [9.17, 15) is 0 Å². The van der Waals surface area contributed by atoms with Gasteiger partial charge < -0.3 is 9.64 Å². The van der Waals surface area contributed by atoms with Gasteiger partial charge in [-0.25, -0.2) is 0 Å². The van der Waals surface area contributed by atoms with Crippen LogP contribution >= 0.6 is 11.6 Å². The summed E-state index contributed by atoms with van der Waals surface area (Å²) in [6, 6.07) is 16.6. The second-order valence-corrected chi connectivity index (χ2v) is 6.72. The summed E-state index contributed by atoms with van der Waals surface area (Å²) < 4.78 is 6.06. The van der Waals surface area contributed by atoms with E-state index >= 15 is 0 Å². The van der Waals surface area contributed by atoms with Crippen molar-refractivity contribution >= 4 is 11.6 Å². The zero-order chi connectivity index (χ0) is 16.1. The Balaban J connectivity index is 1.69. The van der Waals surface area contributed by atoms with Crippen LogP contribution < -0.4 is 4.74 Å². The summed E-state index contributed by atoms with van der Waals surface area (Å²) in [5, 5.41) is 0.648. The third-order valence-electron chi connectivity index (χ3n) is 4.70. The van der Waals surface area contributed by atoms with Crippen molar-refractivity contribution in [2.75, 3.05) is 13.6 Å². The number of aryl methyl sites for hydroxylation is 1. The lowest BCUT2D eigenvalue weighted by Gasteiger charge is -2.32. The predicted octanol–water partition coefficient (Wildman–Crippen LogP) is 5.55. The van der Waals surface area contributed by atoms with E-state index in [1.165, 1.54) is 37.8 Å². The molecule has 2 aromatic carbocycles. The van der Waals surface area contributed by atoms with Crippen LogP contribution in [0.4, 0.5) is 0 Å². The van der Waals surface area contributed by atoms with Gasteiger partial charge in [0.25, 0.3) is 0 Å². The van der Waals surface area contributed by atoms with Crippen LogP contribution in [0.5, 0.6) is 11.5 Å². The van der Waals surface area contributed by atoms with Crippen LogP contribution in [0.3, 0.4) is 0 Å². The Labute approximate surface area is 144 Å². The van der Waals surface area contributed by atoms with E-state index in [1.807, 2.05) is 36.4 Å². The van der Waals surface area contributed by atoms with E-state index in [4.69, 9.17) is 16.3 Å². The van der Waals surface area contributed by atoms with Gasteiger partial charge >= 0.3 is 0 Å². The molecule has 1 saturated heterocycles. The van der Waals surface area contributed by atoms with Gasteiger partial charge in [0, 0.05) is 6.04 Å². The van der Waals surface area contributed by atoms with Gasteiger partial charge in [-0.3, -0.25) is 0 Å². The first kappa shape index (κ1) is 16.4. The summed E-state index contributed by atoms with van der Waals surface area (Å²) >= 11 is 6.21. The highest BCUT2D eigenvalue weighted by atomic mass is 35.5. The molecule has 2 aromatic rings. The highest BCUT2D eigenvalue weighted by Crippen LogP contribution is 2.32. The summed E-state index contributed by atoms with van der Waals surface area (Å²) in [7, 11) is 2.25. The molecular formula is C20H24ClNO. The van der Waals surface area contributed by atoms with Crippen LogP contribution in [0.2, 0.25) is 5.02 Å². The number of hydrogen-bond acceptors (Lipinski definition) is 2. The Bertz CT molecular complexity index is 643. The van der Waals surface area contributed by atoms with Gasteiger partial charge in [0.1, 0.15) is 11.5 Å². The van der Waals surface area contributed by atoms with Crippen LogP contribution in [0.25, 0.3) is 0 Å². The van der Waals surface area contributed by atoms with Crippen LogP contribution in [-0.4, -0.2) is 24.5 Å². The maximum absolute atomic E-state index is 6.21. The van der Waals surface area contributed by atoms with Crippen LogP contribution in [0.1, 0.15) is 31.2 Å². The fraction of sp³-hybridized carbons (Fsp3) is 0.400. The molecule has 1 heterocycles. The molecule has 1 atom stereocenters. The van der Waals surface area contributed by atoms with E-state index < -0.39 is 0 Å². The molecule has 0 bridgehead atoms. The zero-order valence-electron chi connectivity index (χ0n) is 13.7. The van der Waals surface area contributed by atoms with Gasteiger partial charge in [0.15, 0.2) is 0 Å². The van der Waals surface area contributed by atoms with Crippen molar-refractivity contribution in [1.82, 2.24) is 4.90 Å². The lowest BCUT2D eigenvalue weighted by Crippen LogP contribution is -2.36. The van der Waals surface area contributed by atoms with Gasteiger partial charge in [0.2, 0.25) is 0 Å². The van der Waals surface area contributed by atoms with Crippen molar-refractivity contribution in [2.45, 2.75) is 38.1 Å². The normalized spacial score (nSPS) is 18.8. The summed E-state index contributed by atoms with van der Waals surface area (Å²) in [5.41, 5.74) is 1.26. The lowest BCUT2D eigenvalue weighted by molar-refractivity contribution is 0.176. The van der Waals surface area contributed by atoms with E-state index in [0.717, 1.165) is 17.9 Å². The minimum absolute atomic E-state index is 0.648. The molecule has 0 radical (unpaired) electrons. The summed E-state index contributed by atoms with van der Waals surface area (Å²) in [6.45, 7) is 1.22. The smallest absolute Gasteiger partial charge is 0.146 e. The number of benzene rings is 2. The van der Waals surface area contributed by atoms with Gasteiger partial charge in [-0.15, -0.1) is 0 Å². The number of nitrogens with zero attached hydrogens (tertiary/aromatic N) is 1. The van der Waals surface area contributed by atoms with E-state index in [-0.39, 0.29) is 0 Å². The maximum atomic E-state index is 6.21. The van der Waals surface area contributed by atoms with Crippen molar-refractivity contribution in [3.05, 3.63) is 59.1 Å². The molecule has 0 aromatic heterocycles. The van der Waals surface area contributed by atoms with E-state index in [0.29, 0.717) is 11.1 Å². The molecule has 1 aliphatic rings. The first-order chi connectivity index (χ1) is 11.2. The Kier molecular flexibility index (Phi) is 5.58.